The standard InChI is InChI=1S/C36H40FN3O4S/c1-5-38-36(42)34(23-28-9-7-6-8-10-28)39(24-29-13-17-31(37)18-14-29)35(41)25-40(32-19-15-30(16-20-32)26(2)3)45(43,44)33-21-11-27(4)12-22-33/h6-22,26,34H,5,23-25H2,1-4H3,(H,38,42)/t34-/m0/s1. The van der Waals surface area contributed by atoms with E-state index in [9.17, 15) is 22.4 Å². The predicted octanol–water partition coefficient (Wildman–Crippen LogP) is 6.23. The number of amides is 2. The van der Waals surface area contributed by atoms with Crippen molar-refractivity contribution in [3.8, 4) is 0 Å². The lowest BCUT2D eigenvalue weighted by molar-refractivity contribution is -0.140. The summed E-state index contributed by atoms with van der Waals surface area (Å²) >= 11 is 0. The van der Waals surface area contributed by atoms with E-state index in [1.165, 1.54) is 29.2 Å². The Morgan fingerprint density at radius 1 is 0.822 bits per heavy atom. The Morgan fingerprint density at radius 2 is 1.44 bits per heavy atom. The number of sulfonamides is 1. The van der Waals surface area contributed by atoms with Gasteiger partial charge in [-0.2, -0.15) is 0 Å². The number of hydrogen-bond acceptors (Lipinski definition) is 4. The topological polar surface area (TPSA) is 86.8 Å². The van der Waals surface area contributed by atoms with Crippen LogP contribution in [0.25, 0.3) is 0 Å². The van der Waals surface area contributed by atoms with Crippen LogP contribution < -0.4 is 9.62 Å². The maximum atomic E-state index is 14.4. The summed E-state index contributed by atoms with van der Waals surface area (Å²) < 4.78 is 43.2. The number of likely N-dealkylation sites (N-methyl/N-ethyl adjacent to an activating group) is 1. The molecule has 9 heteroatoms. The van der Waals surface area contributed by atoms with Gasteiger partial charge in [0.15, 0.2) is 0 Å². The molecule has 0 radical (unpaired) electrons. The molecular weight excluding hydrogens is 589 g/mol. The van der Waals surface area contributed by atoms with Crippen LogP contribution in [0.4, 0.5) is 10.1 Å². The minimum absolute atomic E-state index is 0.0293. The molecule has 0 fully saturated rings. The second-order valence-corrected chi connectivity index (χ2v) is 13.2. The average molecular weight is 630 g/mol. The van der Waals surface area contributed by atoms with Crippen molar-refractivity contribution in [2.24, 2.45) is 0 Å². The molecule has 0 aromatic heterocycles. The van der Waals surface area contributed by atoms with Crippen LogP contribution in [0.2, 0.25) is 0 Å². The Hall–Kier alpha value is -4.50. The fourth-order valence-electron chi connectivity index (χ4n) is 5.02. The van der Waals surface area contributed by atoms with E-state index in [0.29, 0.717) is 17.8 Å². The van der Waals surface area contributed by atoms with Crippen molar-refractivity contribution in [2.75, 3.05) is 17.4 Å². The first kappa shape index (κ1) is 33.4. The second kappa shape index (κ2) is 15.0. The monoisotopic (exact) mass is 629 g/mol. The molecule has 0 heterocycles. The Labute approximate surface area is 265 Å². The minimum Gasteiger partial charge on any atom is -0.355 e. The molecule has 0 aliphatic heterocycles. The minimum atomic E-state index is -4.19. The number of hydrogen-bond donors (Lipinski definition) is 1. The molecule has 4 rings (SSSR count). The Kier molecular flexibility index (Phi) is 11.1. The summed E-state index contributed by atoms with van der Waals surface area (Å²) in [6.45, 7) is 7.51. The van der Waals surface area contributed by atoms with Crippen LogP contribution >= 0.6 is 0 Å². The molecule has 0 saturated heterocycles. The van der Waals surface area contributed by atoms with Gasteiger partial charge < -0.3 is 10.2 Å². The number of carbonyl (C=O) groups excluding carboxylic acids is 2. The SMILES string of the molecule is CCNC(=O)[C@H](Cc1ccccc1)N(Cc1ccc(F)cc1)C(=O)CN(c1ccc(C(C)C)cc1)S(=O)(=O)c1ccc(C)cc1. The van der Waals surface area contributed by atoms with Crippen LogP contribution in [0.3, 0.4) is 0 Å². The number of benzene rings is 4. The lowest BCUT2D eigenvalue weighted by Crippen LogP contribution is -2.53. The summed E-state index contributed by atoms with van der Waals surface area (Å²) in [6.07, 6.45) is 0.202. The van der Waals surface area contributed by atoms with Crippen LogP contribution in [-0.4, -0.2) is 44.3 Å². The third-order valence-electron chi connectivity index (χ3n) is 7.62. The van der Waals surface area contributed by atoms with E-state index in [1.807, 2.05) is 63.2 Å². The van der Waals surface area contributed by atoms with E-state index in [0.717, 1.165) is 21.0 Å². The van der Waals surface area contributed by atoms with Gasteiger partial charge in [-0.3, -0.25) is 13.9 Å². The molecule has 0 unspecified atom stereocenters. The third kappa shape index (κ3) is 8.57. The normalized spacial score (nSPS) is 12.0. The molecule has 1 atom stereocenters. The number of nitrogens with zero attached hydrogens (tertiary/aromatic N) is 2. The van der Waals surface area contributed by atoms with Crippen molar-refractivity contribution >= 4 is 27.5 Å². The van der Waals surface area contributed by atoms with Gasteiger partial charge in [0.25, 0.3) is 10.0 Å². The largest absolute Gasteiger partial charge is 0.355 e. The van der Waals surface area contributed by atoms with Gasteiger partial charge in [-0.15, -0.1) is 0 Å². The summed E-state index contributed by atoms with van der Waals surface area (Å²) in [6, 6.07) is 27.6. The molecule has 0 aliphatic carbocycles. The van der Waals surface area contributed by atoms with Gasteiger partial charge in [0.05, 0.1) is 10.6 Å². The lowest BCUT2D eigenvalue weighted by atomic mass is 10.0. The molecule has 0 aliphatic rings. The second-order valence-electron chi connectivity index (χ2n) is 11.3. The summed E-state index contributed by atoms with van der Waals surface area (Å²) in [4.78, 5) is 29.4. The number of rotatable bonds is 13. The highest BCUT2D eigenvalue weighted by molar-refractivity contribution is 7.92. The first-order valence-electron chi connectivity index (χ1n) is 15.0. The maximum absolute atomic E-state index is 14.4. The molecule has 4 aromatic carbocycles. The fourth-order valence-corrected chi connectivity index (χ4v) is 6.44. The van der Waals surface area contributed by atoms with Crippen LogP contribution in [0.15, 0.2) is 108 Å². The van der Waals surface area contributed by atoms with Crippen LogP contribution in [-0.2, 0) is 32.6 Å². The molecule has 4 aromatic rings. The summed E-state index contributed by atoms with van der Waals surface area (Å²) in [7, 11) is -4.19. The molecule has 1 N–H and O–H groups in total. The number of halogens is 1. The molecule has 2 amide bonds. The van der Waals surface area contributed by atoms with Gasteiger partial charge in [-0.05, 0) is 72.9 Å². The van der Waals surface area contributed by atoms with Gasteiger partial charge in [0.1, 0.15) is 18.4 Å². The van der Waals surface area contributed by atoms with Gasteiger partial charge in [-0.1, -0.05) is 86.1 Å². The van der Waals surface area contributed by atoms with Gasteiger partial charge in [0.2, 0.25) is 11.8 Å². The maximum Gasteiger partial charge on any atom is 0.264 e. The molecule has 0 bridgehead atoms. The molecular formula is C36H40FN3O4S. The zero-order valence-corrected chi connectivity index (χ0v) is 26.9. The summed E-state index contributed by atoms with van der Waals surface area (Å²) in [5.41, 5.74) is 3.68. The quantitative estimate of drug-likeness (QED) is 0.190. The number of aryl methyl sites for hydroxylation is 1. The third-order valence-corrected chi connectivity index (χ3v) is 9.41. The summed E-state index contributed by atoms with van der Waals surface area (Å²) in [5, 5.41) is 2.83. The van der Waals surface area contributed by atoms with Crippen molar-refractivity contribution in [3.63, 3.8) is 0 Å². The van der Waals surface area contributed by atoms with Crippen LogP contribution in [0.5, 0.6) is 0 Å². The highest BCUT2D eigenvalue weighted by Gasteiger charge is 2.34. The summed E-state index contributed by atoms with van der Waals surface area (Å²) in [5.74, 6) is -1.15. The zero-order chi connectivity index (χ0) is 32.6. The van der Waals surface area contributed by atoms with E-state index in [2.05, 4.69) is 5.32 Å². The van der Waals surface area contributed by atoms with E-state index in [-0.39, 0.29) is 29.7 Å². The van der Waals surface area contributed by atoms with Gasteiger partial charge in [-0.25, -0.2) is 12.8 Å². The first-order chi connectivity index (χ1) is 21.5. The molecule has 0 saturated carbocycles. The van der Waals surface area contributed by atoms with Crippen molar-refractivity contribution in [2.45, 2.75) is 57.5 Å². The highest BCUT2D eigenvalue weighted by atomic mass is 32.2. The van der Waals surface area contributed by atoms with E-state index >= 15 is 0 Å². The Morgan fingerprint density at radius 3 is 2.02 bits per heavy atom. The predicted molar refractivity (Wildman–Crippen MR) is 176 cm³/mol. The van der Waals surface area contributed by atoms with E-state index in [4.69, 9.17) is 0 Å². The molecule has 45 heavy (non-hydrogen) atoms. The first-order valence-corrected chi connectivity index (χ1v) is 16.5. The van der Waals surface area contributed by atoms with E-state index in [1.54, 1.807) is 43.3 Å². The fraction of sp³-hybridized carbons (Fsp3) is 0.278. The van der Waals surface area contributed by atoms with Gasteiger partial charge >= 0.3 is 0 Å². The number of nitrogens with one attached hydrogen (secondary N) is 1. The smallest absolute Gasteiger partial charge is 0.264 e. The Balaban J connectivity index is 1.80. The molecule has 236 valence electrons. The van der Waals surface area contributed by atoms with Gasteiger partial charge in [0, 0.05) is 19.5 Å². The zero-order valence-electron chi connectivity index (χ0n) is 26.1. The Bertz CT molecular complexity index is 1680. The average Bonchev–Trinajstić information content (AvgIpc) is 3.03. The van der Waals surface area contributed by atoms with Crippen molar-refractivity contribution in [1.29, 1.82) is 0 Å². The number of anilines is 1. The lowest BCUT2D eigenvalue weighted by Gasteiger charge is -2.34. The molecule has 7 nitrogen and oxygen atoms in total. The van der Waals surface area contributed by atoms with Crippen molar-refractivity contribution in [1.82, 2.24) is 10.2 Å². The van der Waals surface area contributed by atoms with Crippen LogP contribution in [0, 0.1) is 12.7 Å². The highest BCUT2D eigenvalue weighted by Crippen LogP contribution is 2.27. The number of carbonyl (C=O) groups is 2. The van der Waals surface area contributed by atoms with E-state index < -0.39 is 34.3 Å². The van der Waals surface area contributed by atoms with Crippen molar-refractivity contribution in [3.05, 3.63) is 131 Å². The van der Waals surface area contributed by atoms with Crippen molar-refractivity contribution < 1.29 is 22.4 Å². The van der Waals surface area contributed by atoms with Crippen LogP contribution in [0.1, 0.15) is 48.9 Å². The molecule has 0 spiro atoms.